The Morgan fingerprint density at radius 3 is 2.81 bits per heavy atom. The summed E-state index contributed by atoms with van der Waals surface area (Å²) in [7, 11) is 1.49. The molecule has 0 saturated carbocycles. The molecule has 0 bridgehead atoms. The molecule has 26 heavy (non-hydrogen) atoms. The molecule has 1 aliphatic rings. The van der Waals surface area contributed by atoms with Crippen LogP contribution in [-0.4, -0.2) is 56.6 Å². The van der Waals surface area contributed by atoms with Crippen molar-refractivity contribution in [1.82, 2.24) is 24.8 Å². The van der Waals surface area contributed by atoms with Crippen LogP contribution in [0.5, 0.6) is 0 Å². The fraction of sp³-hybridized carbons (Fsp3) is 0.714. The molecule has 3 heterocycles. The number of nitrogens with zero attached hydrogens (tertiary/aromatic N) is 4. The van der Waals surface area contributed by atoms with Crippen molar-refractivity contribution in [3.63, 3.8) is 0 Å². The molecule has 0 aromatic carbocycles. The summed E-state index contributed by atoms with van der Waals surface area (Å²) in [4.78, 5) is 5.62. The van der Waals surface area contributed by atoms with E-state index in [2.05, 4.69) is 15.4 Å². The number of hydrogen-bond acceptors (Lipinski definition) is 7. The molecule has 0 aliphatic carbocycles. The number of fused-ring (bicyclic) bond motifs is 1. The zero-order chi connectivity index (χ0) is 19.1. The molecule has 0 spiro atoms. The summed E-state index contributed by atoms with van der Waals surface area (Å²) in [6.45, 7) is 1.01. The summed E-state index contributed by atoms with van der Waals surface area (Å²) >= 11 is 1.13. The van der Waals surface area contributed by atoms with E-state index in [4.69, 9.17) is 4.74 Å². The molecule has 1 fully saturated rings. The number of alkyl halides is 4. The quantitative estimate of drug-likeness (QED) is 0.696. The van der Waals surface area contributed by atoms with Gasteiger partial charge in [0.1, 0.15) is 10.7 Å². The van der Waals surface area contributed by atoms with Crippen LogP contribution >= 0.6 is 11.3 Å². The summed E-state index contributed by atoms with van der Waals surface area (Å²) in [6, 6.07) is -0.650. The number of hydrogen-bond donors (Lipinski definition) is 2. The van der Waals surface area contributed by atoms with Gasteiger partial charge in [-0.05, 0) is 6.92 Å². The summed E-state index contributed by atoms with van der Waals surface area (Å²) in [5, 5.41) is 17.5. The lowest BCUT2D eigenvalue weighted by Gasteiger charge is -2.19. The first-order chi connectivity index (χ1) is 12.2. The zero-order valence-corrected chi connectivity index (χ0v) is 14.9. The van der Waals surface area contributed by atoms with Gasteiger partial charge in [-0.3, -0.25) is 10.2 Å². The van der Waals surface area contributed by atoms with Crippen molar-refractivity contribution < 1.29 is 27.4 Å². The Hall–Kier alpha value is -1.34. The summed E-state index contributed by atoms with van der Waals surface area (Å²) < 4.78 is 59.3. The van der Waals surface area contributed by atoms with Crippen molar-refractivity contribution in [2.45, 2.75) is 51.2 Å². The van der Waals surface area contributed by atoms with Crippen molar-refractivity contribution in [1.29, 1.82) is 0 Å². The second-order valence-electron chi connectivity index (χ2n) is 6.31. The maximum Gasteiger partial charge on any atom is 0.282 e. The molecule has 2 aromatic rings. The number of methoxy groups -OCH3 is 1. The summed E-state index contributed by atoms with van der Waals surface area (Å²) in [6.07, 6.45) is -4.48. The van der Waals surface area contributed by atoms with Gasteiger partial charge >= 0.3 is 0 Å². The van der Waals surface area contributed by atoms with Gasteiger partial charge in [0.05, 0.1) is 12.3 Å². The molecule has 12 heteroatoms. The smallest absolute Gasteiger partial charge is 0.282 e. The van der Waals surface area contributed by atoms with Crippen LogP contribution in [-0.2, 0) is 17.9 Å². The van der Waals surface area contributed by atoms with Gasteiger partial charge in [0.25, 0.3) is 6.43 Å². The molecule has 2 atom stereocenters. The third-order valence-electron chi connectivity index (χ3n) is 3.99. The predicted octanol–water partition coefficient (Wildman–Crippen LogP) is 1.97. The highest BCUT2D eigenvalue weighted by Crippen LogP contribution is 2.29. The zero-order valence-electron chi connectivity index (χ0n) is 14.1. The first kappa shape index (κ1) is 19.4. The van der Waals surface area contributed by atoms with Crippen LogP contribution < -0.4 is 5.32 Å². The van der Waals surface area contributed by atoms with Crippen LogP contribution in [0.3, 0.4) is 0 Å². The van der Waals surface area contributed by atoms with Crippen LogP contribution in [0.4, 0.5) is 17.6 Å². The summed E-state index contributed by atoms with van der Waals surface area (Å²) in [5.41, 5.74) is -0.303. The fourth-order valence-corrected chi connectivity index (χ4v) is 3.89. The Morgan fingerprint density at radius 1 is 1.46 bits per heavy atom. The van der Waals surface area contributed by atoms with Gasteiger partial charge in [-0.25, -0.2) is 27.1 Å². The van der Waals surface area contributed by atoms with E-state index in [-0.39, 0.29) is 25.4 Å². The van der Waals surface area contributed by atoms with E-state index >= 15 is 0 Å². The van der Waals surface area contributed by atoms with Gasteiger partial charge in [0, 0.05) is 32.7 Å². The minimum atomic E-state index is -2.89. The molecule has 1 aliphatic heterocycles. The molecule has 0 amide bonds. The lowest BCUT2D eigenvalue weighted by atomic mass is 10.1. The number of aliphatic hydroxyl groups is 1. The average molecular weight is 397 g/mol. The molecule has 2 aromatic heterocycles. The first-order valence-electron chi connectivity index (χ1n) is 7.88. The first-order valence-corrected chi connectivity index (χ1v) is 8.70. The number of aliphatic hydroxyl groups excluding tert-OH is 1. The van der Waals surface area contributed by atoms with E-state index in [0.29, 0.717) is 9.97 Å². The van der Waals surface area contributed by atoms with E-state index in [1.807, 2.05) is 0 Å². The average Bonchev–Trinajstić information content (AvgIpc) is 3.13. The Kier molecular flexibility index (Phi) is 5.49. The van der Waals surface area contributed by atoms with Crippen molar-refractivity contribution in [3.8, 4) is 0 Å². The van der Waals surface area contributed by atoms with E-state index in [9.17, 15) is 22.7 Å². The largest absolute Gasteiger partial charge is 0.377 e. The van der Waals surface area contributed by atoms with Crippen molar-refractivity contribution in [3.05, 3.63) is 16.4 Å². The van der Waals surface area contributed by atoms with Crippen molar-refractivity contribution in [2.75, 3.05) is 13.7 Å². The lowest BCUT2D eigenvalue weighted by molar-refractivity contribution is 0.000952. The van der Waals surface area contributed by atoms with Gasteiger partial charge in [-0.2, -0.15) is 5.10 Å². The SMILES string of the molecule is COCc1nn2c(CN3CC(CC(C)(F)F)NC3O)c(C(F)F)nc2s1. The highest BCUT2D eigenvalue weighted by Gasteiger charge is 2.37. The Bertz CT molecular complexity index is 762. The second-order valence-corrected chi connectivity index (χ2v) is 7.35. The van der Waals surface area contributed by atoms with Crippen molar-refractivity contribution in [2.24, 2.45) is 0 Å². The van der Waals surface area contributed by atoms with Gasteiger partial charge < -0.3 is 9.84 Å². The monoisotopic (exact) mass is 397 g/mol. The number of ether oxygens (including phenoxy) is 1. The van der Waals surface area contributed by atoms with Crippen molar-refractivity contribution >= 4 is 16.3 Å². The van der Waals surface area contributed by atoms with Gasteiger partial charge in [-0.1, -0.05) is 11.3 Å². The lowest BCUT2D eigenvalue weighted by Crippen LogP contribution is -2.37. The van der Waals surface area contributed by atoms with Crippen LogP contribution in [0.15, 0.2) is 0 Å². The Balaban J connectivity index is 1.83. The molecule has 2 N–H and O–H groups in total. The molecule has 3 rings (SSSR count). The fourth-order valence-electron chi connectivity index (χ4n) is 3.00. The van der Waals surface area contributed by atoms with E-state index in [0.717, 1.165) is 18.3 Å². The summed E-state index contributed by atoms with van der Waals surface area (Å²) in [5.74, 6) is -2.89. The van der Waals surface area contributed by atoms with E-state index in [1.54, 1.807) is 0 Å². The standard InChI is InChI=1S/C14H19F4N5O2S/c1-14(17,18)3-7-4-22(12(24)19-7)5-8-10(11(15)16)20-13-23(8)21-9(26-13)6-25-2/h7,11-12,19,24H,3-6H2,1-2H3. The number of aromatic nitrogens is 3. The minimum absolute atomic E-state index is 0.0928. The third-order valence-corrected chi connectivity index (χ3v) is 4.87. The van der Waals surface area contributed by atoms with Gasteiger partial charge in [-0.15, -0.1) is 0 Å². The molecular weight excluding hydrogens is 378 g/mol. The number of nitrogens with one attached hydrogen (secondary N) is 1. The maximum absolute atomic E-state index is 13.3. The predicted molar refractivity (Wildman–Crippen MR) is 85.1 cm³/mol. The van der Waals surface area contributed by atoms with Gasteiger partial charge in [0.15, 0.2) is 6.35 Å². The molecule has 0 radical (unpaired) electrons. The number of halogens is 4. The molecule has 2 unspecified atom stereocenters. The molecule has 146 valence electrons. The Labute approximate surface area is 150 Å². The number of imidazole rings is 1. The van der Waals surface area contributed by atoms with E-state index in [1.165, 1.54) is 16.5 Å². The molecular formula is C14H19F4N5O2S. The normalized spacial score (nSPS) is 22.2. The highest BCUT2D eigenvalue weighted by molar-refractivity contribution is 7.16. The van der Waals surface area contributed by atoms with E-state index < -0.39 is 36.9 Å². The minimum Gasteiger partial charge on any atom is -0.377 e. The second kappa shape index (κ2) is 7.35. The maximum atomic E-state index is 13.3. The third kappa shape index (κ3) is 4.14. The molecule has 1 saturated heterocycles. The van der Waals surface area contributed by atoms with Gasteiger partial charge in [0.2, 0.25) is 10.9 Å². The van der Waals surface area contributed by atoms with Crippen LogP contribution in [0.25, 0.3) is 4.96 Å². The highest BCUT2D eigenvalue weighted by atomic mass is 32.1. The Morgan fingerprint density at radius 2 is 2.19 bits per heavy atom. The van der Waals surface area contributed by atoms with Crippen LogP contribution in [0.2, 0.25) is 0 Å². The molecule has 7 nitrogen and oxygen atoms in total. The number of rotatable bonds is 7. The van der Waals surface area contributed by atoms with Crippen LogP contribution in [0.1, 0.15) is 36.2 Å². The van der Waals surface area contributed by atoms with Crippen LogP contribution in [0, 0.1) is 0 Å². The topological polar surface area (TPSA) is 74.9 Å².